The van der Waals surface area contributed by atoms with Gasteiger partial charge in [0.15, 0.2) is 6.61 Å². The lowest BCUT2D eigenvalue weighted by atomic mass is 10.3. The molecule has 0 saturated heterocycles. The Hall–Kier alpha value is -2.34. The Morgan fingerprint density at radius 2 is 2.05 bits per heavy atom. The van der Waals surface area contributed by atoms with Crippen molar-refractivity contribution in [2.75, 3.05) is 11.9 Å². The Kier molecular flexibility index (Phi) is 5.34. The van der Waals surface area contributed by atoms with Gasteiger partial charge in [0, 0.05) is 10.5 Å². The maximum absolute atomic E-state index is 11.7. The fraction of sp³-hybridized carbons (Fsp3) is 0.0667. The van der Waals surface area contributed by atoms with E-state index in [1.165, 1.54) is 18.4 Å². The molecule has 0 bridgehead atoms. The third-order valence-corrected chi connectivity index (χ3v) is 3.11. The Balaban J connectivity index is 1.79. The van der Waals surface area contributed by atoms with Crippen LogP contribution in [0.15, 0.2) is 57.6 Å². The number of carbonyl (C=O) groups excluding carboxylic acids is 2. The van der Waals surface area contributed by atoms with Crippen LogP contribution in [0.3, 0.4) is 0 Å². The number of anilines is 1. The second-order valence-corrected chi connectivity index (χ2v) is 4.84. The van der Waals surface area contributed by atoms with Crippen molar-refractivity contribution in [3.8, 4) is 0 Å². The molecule has 6 heteroatoms. The minimum Gasteiger partial charge on any atom is -0.465 e. The van der Waals surface area contributed by atoms with Crippen LogP contribution in [0.4, 0.5) is 5.69 Å². The minimum atomic E-state index is -0.617. The molecule has 0 aliphatic carbocycles. The van der Waals surface area contributed by atoms with Gasteiger partial charge in [0.2, 0.25) is 0 Å². The molecule has 1 aromatic carbocycles. The minimum absolute atomic E-state index is 0.358. The van der Waals surface area contributed by atoms with Gasteiger partial charge in [0.05, 0.1) is 12.0 Å². The average molecular weight is 350 g/mol. The van der Waals surface area contributed by atoms with E-state index in [1.54, 1.807) is 30.3 Å². The summed E-state index contributed by atoms with van der Waals surface area (Å²) in [6.45, 7) is -0.358. The number of esters is 1. The summed E-state index contributed by atoms with van der Waals surface area (Å²) in [6.07, 6.45) is 4.16. The normalized spacial score (nSPS) is 10.5. The Morgan fingerprint density at radius 1 is 1.24 bits per heavy atom. The summed E-state index contributed by atoms with van der Waals surface area (Å²) in [5.74, 6) is -0.500. The summed E-state index contributed by atoms with van der Waals surface area (Å²) in [7, 11) is 0. The van der Waals surface area contributed by atoms with Gasteiger partial charge in [0.1, 0.15) is 5.76 Å². The van der Waals surface area contributed by atoms with E-state index in [0.29, 0.717) is 11.4 Å². The number of carbonyl (C=O) groups is 2. The summed E-state index contributed by atoms with van der Waals surface area (Å²) < 4.78 is 10.6. The standard InChI is InChI=1S/C15H12BrNO4/c16-12-5-1-2-6-13(12)17-14(18)10-21-15(19)8-7-11-4-3-9-20-11/h1-9H,10H2,(H,17,18)/b8-7+. The van der Waals surface area contributed by atoms with E-state index in [-0.39, 0.29) is 6.61 Å². The van der Waals surface area contributed by atoms with Gasteiger partial charge in [-0.3, -0.25) is 4.79 Å². The summed E-state index contributed by atoms with van der Waals surface area (Å²) in [4.78, 5) is 23.1. The molecule has 1 heterocycles. The highest BCUT2D eigenvalue weighted by Crippen LogP contribution is 2.20. The zero-order valence-corrected chi connectivity index (χ0v) is 12.5. The maximum Gasteiger partial charge on any atom is 0.331 e. The van der Waals surface area contributed by atoms with Gasteiger partial charge in [0.25, 0.3) is 5.91 Å². The molecule has 1 N–H and O–H groups in total. The van der Waals surface area contributed by atoms with Crippen molar-refractivity contribution in [2.45, 2.75) is 0 Å². The molecule has 0 atom stereocenters. The van der Waals surface area contributed by atoms with Crippen LogP contribution in [0.25, 0.3) is 6.08 Å². The van der Waals surface area contributed by atoms with E-state index in [4.69, 9.17) is 9.15 Å². The molecule has 1 aromatic heterocycles. The van der Waals surface area contributed by atoms with E-state index in [0.717, 1.165) is 4.47 Å². The second kappa shape index (κ2) is 7.44. The molecular formula is C15H12BrNO4. The van der Waals surface area contributed by atoms with Crippen LogP contribution in [0.2, 0.25) is 0 Å². The van der Waals surface area contributed by atoms with Crippen molar-refractivity contribution in [1.29, 1.82) is 0 Å². The first-order valence-electron chi connectivity index (χ1n) is 6.08. The number of halogens is 1. The van der Waals surface area contributed by atoms with Crippen molar-refractivity contribution >= 4 is 39.6 Å². The van der Waals surface area contributed by atoms with E-state index in [2.05, 4.69) is 21.2 Å². The van der Waals surface area contributed by atoms with Gasteiger partial charge < -0.3 is 14.5 Å². The van der Waals surface area contributed by atoms with Crippen molar-refractivity contribution < 1.29 is 18.7 Å². The van der Waals surface area contributed by atoms with Gasteiger partial charge in [-0.25, -0.2) is 4.79 Å². The van der Waals surface area contributed by atoms with Crippen molar-refractivity contribution in [2.24, 2.45) is 0 Å². The molecule has 21 heavy (non-hydrogen) atoms. The second-order valence-electron chi connectivity index (χ2n) is 3.98. The SMILES string of the molecule is O=C(COC(=O)/C=C/c1ccco1)Nc1ccccc1Br. The Labute approximate surface area is 129 Å². The topological polar surface area (TPSA) is 68.5 Å². The summed E-state index contributed by atoms with van der Waals surface area (Å²) in [5.41, 5.74) is 0.615. The molecule has 5 nitrogen and oxygen atoms in total. The number of rotatable bonds is 5. The summed E-state index contributed by atoms with van der Waals surface area (Å²) >= 11 is 3.31. The predicted octanol–water partition coefficient (Wildman–Crippen LogP) is 3.24. The van der Waals surface area contributed by atoms with Crippen LogP contribution in [0.5, 0.6) is 0 Å². The first kappa shape index (κ1) is 15.1. The lowest BCUT2D eigenvalue weighted by Gasteiger charge is -2.06. The highest BCUT2D eigenvalue weighted by Gasteiger charge is 2.07. The molecule has 0 aliphatic rings. The van der Waals surface area contributed by atoms with Crippen LogP contribution >= 0.6 is 15.9 Å². The Morgan fingerprint density at radius 3 is 2.76 bits per heavy atom. The van der Waals surface area contributed by atoms with Crippen molar-refractivity contribution in [1.82, 2.24) is 0 Å². The number of amides is 1. The number of para-hydroxylation sites is 1. The maximum atomic E-state index is 11.7. The number of hydrogen-bond donors (Lipinski definition) is 1. The first-order chi connectivity index (χ1) is 10.1. The third kappa shape index (κ3) is 4.92. The van der Waals surface area contributed by atoms with E-state index < -0.39 is 11.9 Å². The van der Waals surface area contributed by atoms with Crippen LogP contribution in [0, 0.1) is 0 Å². The Bertz CT molecular complexity index is 649. The molecule has 0 unspecified atom stereocenters. The van der Waals surface area contributed by atoms with Gasteiger partial charge in [-0.05, 0) is 46.3 Å². The van der Waals surface area contributed by atoms with E-state index in [1.807, 2.05) is 6.07 Å². The zero-order valence-electron chi connectivity index (χ0n) is 10.9. The lowest BCUT2D eigenvalue weighted by molar-refractivity contribution is -0.142. The zero-order chi connectivity index (χ0) is 15.1. The number of benzene rings is 1. The number of nitrogens with one attached hydrogen (secondary N) is 1. The van der Waals surface area contributed by atoms with Crippen LogP contribution < -0.4 is 5.32 Å². The molecule has 108 valence electrons. The van der Waals surface area contributed by atoms with Crippen LogP contribution in [-0.4, -0.2) is 18.5 Å². The molecule has 0 aliphatic heterocycles. The van der Waals surface area contributed by atoms with Crippen LogP contribution in [0.1, 0.15) is 5.76 Å². The molecule has 2 rings (SSSR count). The number of hydrogen-bond acceptors (Lipinski definition) is 4. The number of furan rings is 1. The fourth-order valence-electron chi connectivity index (χ4n) is 1.47. The van der Waals surface area contributed by atoms with E-state index >= 15 is 0 Å². The molecule has 1 amide bonds. The molecule has 0 radical (unpaired) electrons. The quantitative estimate of drug-likeness (QED) is 0.664. The van der Waals surface area contributed by atoms with Crippen molar-refractivity contribution in [3.63, 3.8) is 0 Å². The first-order valence-corrected chi connectivity index (χ1v) is 6.87. The summed E-state index contributed by atoms with van der Waals surface area (Å²) in [5, 5.41) is 2.63. The van der Waals surface area contributed by atoms with E-state index in [9.17, 15) is 9.59 Å². The van der Waals surface area contributed by atoms with Gasteiger partial charge in [-0.15, -0.1) is 0 Å². The monoisotopic (exact) mass is 349 g/mol. The van der Waals surface area contributed by atoms with Crippen LogP contribution in [-0.2, 0) is 14.3 Å². The van der Waals surface area contributed by atoms with Gasteiger partial charge >= 0.3 is 5.97 Å². The highest BCUT2D eigenvalue weighted by molar-refractivity contribution is 9.10. The fourth-order valence-corrected chi connectivity index (χ4v) is 1.85. The number of ether oxygens (including phenoxy) is 1. The van der Waals surface area contributed by atoms with Crippen molar-refractivity contribution in [3.05, 3.63) is 59.0 Å². The predicted molar refractivity (Wildman–Crippen MR) is 81.5 cm³/mol. The van der Waals surface area contributed by atoms with Gasteiger partial charge in [-0.1, -0.05) is 12.1 Å². The molecule has 0 spiro atoms. The largest absolute Gasteiger partial charge is 0.465 e. The summed E-state index contributed by atoms with van der Waals surface area (Å²) in [6, 6.07) is 10.6. The average Bonchev–Trinajstić information content (AvgIpc) is 2.99. The smallest absolute Gasteiger partial charge is 0.331 e. The molecule has 0 saturated carbocycles. The molecule has 0 fully saturated rings. The molecular weight excluding hydrogens is 338 g/mol. The third-order valence-electron chi connectivity index (χ3n) is 2.42. The highest BCUT2D eigenvalue weighted by atomic mass is 79.9. The lowest BCUT2D eigenvalue weighted by Crippen LogP contribution is -2.20. The van der Waals surface area contributed by atoms with Gasteiger partial charge in [-0.2, -0.15) is 0 Å². The molecule has 2 aromatic rings.